The lowest BCUT2D eigenvalue weighted by Gasteiger charge is -2.34. The Bertz CT molecular complexity index is 211. The van der Waals surface area contributed by atoms with Crippen LogP contribution >= 0.6 is 0 Å². The summed E-state index contributed by atoms with van der Waals surface area (Å²) in [7, 11) is 1.76. The Morgan fingerprint density at radius 2 is 2.40 bits per heavy atom. The third-order valence-electron chi connectivity index (χ3n) is 2.84. The lowest BCUT2D eigenvalue weighted by molar-refractivity contribution is 0.112. The van der Waals surface area contributed by atoms with Crippen molar-refractivity contribution in [3.63, 3.8) is 0 Å². The SMILES string of the molecule is CN(CCN)C(=O)N1CCCC(CO)C1. The largest absolute Gasteiger partial charge is 0.396 e. The van der Waals surface area contributed by atoms with Crippen LogP contribution in [0.2, 0.25) is 0 Å². The molecule has 1 aliphatic heterocycles. The number of hydrogen-bond acceptors (Lipinski definition) is 3. The number of likely N-dealkylation sites (tertiary alicyclic amines) is 1. The summed E-state index contributed by atoms with van der Waals surface area (Å²) in [5.41, 5.74) is 5.40. The Morgan fingerprint density at radius 1 is 1.67 bits per heavy atom. The van der Waals surface area contributed by atoms with Gasteiger partial charge < -0.3 is 20.6 Å². The van der Waals surface area contributed by atoms with Crippen molar-refractivity contribution in [1.29, 1.82) is 0 Å². The van der Waals surface area contributed by atoms with E-state index in [2.05, 4.69) is 0 Å². The van der Waals surface area contributed by atoms with Crippen molar-refractivity contribution >= 4 is 6.03 Å². The molecule has 0 aromatic heterocycles. The zero-order valence-electron chi connectivity index (χ0n) is 9.35. The van der Waals surface area contributed by atoms with Crippen LogP contribution in [-0.4, -0.2) is 60.8 Å². The molecule has 1 aliphatic rings. The van der Waals surface area contributed by atoms with E-state index in [4.69, 9.17) is 10.8 Å². The van der Waals surface area contributed by atoms with Gasteiger partial charge >= 0.3 is 6.03 Å². The van der Waals surface area contributed by atoms with Gasteiger partial charge in [0.2, 0.25) is 0 Å². The fraction of sp³-hybridized carbons (Fsp3) is 0.900. The smallest absolute Gasteiger partial charge is 0.319 e. The molecule has 1 saturated heterocycles. The number of nitrogens with two attached hydrogens (primary N) is 1. The van der Waals surface area contributed by atoms with Crippen LogP contribution < -0.4 is 5.73 Å². The van der Waals surface area contributed by atoms with Gasteiger partial charge in [0.15, 0.2) is 0 Å². The summed E-state index contributed by atoms with van der Waals surface area (Å²) in [5, 5.41) is 9.06. The maximum absolute atomic E-state index is 11.9. The highest BCUT2D eigenvalue weighted by Crippen LogP contribution is 2.16. The van der Waals surface area contributed by atoms with E-state index >= 15 is 0 Å². The molecule has 15 heavy (non-hydrogen) atoms. The minimum absolute atomic E-state index is 0.0265. The number of urea groups is 1. The molecule has 1 fully saturated rings. The van der Waals surface area contributed by atoms with E-state index in [-0.39, 0.29) is 18.6 Å². The molecule has 0 radical (unpaired) electrons. The quantitative estimate of drug-likeness (QED) is 0.679. The van der Waals surface area contributed by atoms with Crippen molar-refractivity contribution < 1.29 is 9.90 Å². The summed E-state index contributed by atoms with van der Waals surface area (Å²) < 4.78 is 0. The van der Waals surface area contributed by atoms with Gasteiger partial charge in [-0.05, 0) is 18.8 Å². The van der Waals surface area contributed by atoms with E-state index in [9.17, 15) is 4.79 Å². The molecular weight excluding hydrogens is 194 g/mol. The van der Waals surface area contributed by atoms with Gasteiger partial charge in [0, 0.05) is 39.8 Å². The predicted octanol–water partition coefficient (Wildman–Crippen LogP) is -0.299. The fourth-order valence-corrected chi connectivity index (χ4v) is 1.92. The molecule has 5 nitrogen and oxygen atoms in total. The van der Waals surface area contributed by atoms with Crippen molar-refractivity contribution in [2.24, 2.45) is 11.7 Å². The van der Waals surface area contributed by atoms with Crippen LogP contribution in [0.5, 0.6) is 0 Å². The third-order valence-corrected chi connectivity index (χ3v) is 2.84. The number of likely N-dealkylation sites (N-methyl/N-ethyl adjacent to an activating group) is 1. The van der Waals surface area contributed by atoms with Crippen LogP contribution in [-0.2, 0) is 0 Å². The molecule has 0 saturated carbocycles. The molecule has 1 unspecified atom stereocenters. The number of aliphatic hydroxyl groups excluding tert-OH is 1. The Balaban J connectivity index is 2.44. The van der Waals surface area contributed by atoms with Crippen molar-refractivity contribution in [3.8, 4) is 0 Å². The van der Waals surface area contributed by atoms with E-state index in [1.54, 1.807) is 16.8 Å². The maximum Gasteiger partial charge on any atom is 0.319 e. The molecule has 0 aromatic rings. The van der Waals surface area contributed by atoms with Gasteiger partial charge in [-0.25, -0.2) is 4.79 Å². The lowest BCUT2D eigenvalue weighted by Crippen LogP contribution is -2.47. The van der Waals surface area contributed by atoms with Gasteiger partial charge in [-0.2, -0.15) is 0 Å². The average molecular weight is 215 g/mol. The summed E-state index contributed by atoms with van der Waals surface area (Å²) in [4.78, 5) is 15.3. The first-order valence-corrected chi connectivity index (χ1v) is 5.50. The van der Waals surface area contributed by atoms with E-state index in [1.807, 2.05) is 0 Å². The molecule has 5 heteroatoms. The van der Waals surface area contributed by atoms with Crippen LogP contribution in [0.1, 0.15) is 12.8 Å². The van der Waals surface area contributed by atoms with Crippen LogP contribution in [0.15, 0.2) is 0 Å². The molecule has 0 aromatic carbocycles. The molecule has 0 spiro atoms. The first-order chi connectivity index (χ1) is 7.19. The van der Waals surface area contributed by atoms with Crippen molar-refractivity contribution in [1.82, 2.24) is 9.80 Å². The molecule has 3 N–H and O–H groups in total. The summed E-state index contributed by atoms with van der Waals surface area (Å²) in [6.07, 6.45) is 1.99. The Hall–Kier alpha value is -0.810. The monoisotopic (exact) mass is 215 g/mol. The van der Waals surface area contributed by atoms with Crippen LogP contribution in [0.4, 0.5) is 4.79 Å². The minimum atomic E-state index is 0.0265. The summed E-state index contributed by atoms with van der Waals surface area (Å²) in [5.74, 6) is 0.244. The number of rotatable bonds is 3. The van der Waals surface area contributed by atoms with Gasteiger partial charge in [0.25, 0.3) is 0 Å². The minimum Gasteiger partial charge on any atom is -0.396 e. The second-order valence-corrected chi connectivity index (χ2v) is 4.13. The summed E-state index contributed by atoms with van der Waals surface area (Å²) in [6, 6.07) is 0.0265. The van der Waals surface area contributed by atoms with Gasteiger partial charge in [-0.1, -0.05) is 0 Å². The highest BCUT2D eigenvalue weighted by atomic mass is 16.3. The number of amides is 2. The first-order valence-electron chi connectivity index (χ1n) is 5.50. The number of aliphatic hydroxyl groups is 1. The first kappa shape index (κ1) is 12.3. The van der Waals surface area contributed by atoms with Gasteiger partial charge in [-0.3, -0.25) is 0 Å². The van der Waals surface area contributed by atoms with Crippen LogP contribution in [0, 0.1) is 5.92 Å². The topological polar surface area (TPSA) is 69.8 Å². The van der Waals surface area contributed by atoms with Gasteiger partial charge in [0.1, 0.15) is 0 Å². The normalized spacial score (nSPS) is 21.5. The third kappa shape index (κ3) is 3.35. The molecule has 88 valence electrons. The van der Waals surface area contributed by atoms with Gasteiger partial charge in [-0.15, -0.1) is 0 Å². The molecule has 1 atom stereocenters. The summed E-state index contributed by atoms with van der Waals surface area (Å²) in [6.45, 7) is 2.71. The van der Waals surface area contributed by atoms with Crippen LogP contribution in [0.3, 0.4) is 0 Å². The van der Waals surface area contributed by atoms with E-state index < -0.39 is 0 Å². The number of nitrogens with zero attached hydrogens (tertiary/aromatic N) is 2. The Kier molecular flexibility index (Phi) is 4.84. The number of piperidine rings is 1. The van der Waals surface area contributed by atoms with E-state index in [0.29, 0.717) is 19.6 Å². The second-order valence-electron chi connectivity index (χ2n) is 4.13. The average Bonchev–Trinajstić information content (AvgIpc) is 2.28. The second kappa shape index (κ2) is 5.92. The molecule has 0 bridgehead atoms. The zero-order chi connectivity index (χ0) is 11.3. The zero-order valence-corrected chi connectivity index (χ0v) is 9.35. The van der Waals surface area contributed by atoms with Gasteiger partial charge in [0.05, 0.1) is 0 Å². The molecular formula is C10H21N3O2. The molecule has 0 aliphatic carbocycles. The number of carbonyl (C=O) groups excluding carboxylic acids is 1. The Morgan fingerprint density at radius 3 is 3.00 bits per heavy atom. The van der Waals surface area contributed by atoms with Crippen molar-refractivity contribution in [2.45, 2.75) is 12.8 Å². The lowest BCUT2D eigenvalue weighted by atomic mass is 9.99. The van der Waals surface area contributed by atoms with E-state index in [1.165, 1.54) is 0 Å². The summed E-state index contributed by atoms with van der Waals surface area (Å²) >= 11 is 0. The molecule has 2 amide bonds. The maximum atomic E-state index is 11.9. The molecule has 1 rings (SSSR count). The number of carbonyl (C=O) groups is 1. The van der Waals surface area contributed by atoms with Crippen molar-refractivity contribution in [3.05, 3.63) is 0 Å². The molecule has 1 heterocycles. The standard InChI is InChI=1S/C10H21N3O2/c1-12(6-4-11)10(15)13-5-2-3-9(7-13)8-14/h9,14H,2-8,11H2,1H3. The Labute approximate surface area is 90.8 Å². The predicted molar refractivity (Wildman–Crippen MR) is 58.5 cm³/mol. The number of hydrogen-bond donors (Lipinski definition) is 2. The highest BCUT2D eigenvalue weighted by Gasteiger charge is 2.24. The highest BCUT2D eigenvalue weighted by molar-refractivity contribution is 5.74. The van der Waals surface area contributed by atoms with Crippen LogP contribution in [0.25, 0.3) is 0 Å². The van der Waals surface area contributed by atoms with E-state index in [0.717, 1.165) is 19.4 Å². The fourth-order valence-electron chi connectivity index (χ4n) is 1.92. The van der Waals surface area contributed by atoms with Crippen molar-refractivity contribution in [2.75, 3.05) is 39.8 Å².